The van der Waals surface area contributed by atoms with Crippen LogP contribution in [0.4, 0.5) is 0 Å². The molecule has 0 aromatic heterocycles. The van der Waals surface area contributed by atoms with Gasteiger partial charge in [0.15, 0.2) is 0 Å². The van der Waals surface area contributed by atoms with Crippen LogP contribution in [0.1, 0.15) is 44.1 Å². The van der Waals surface area contributed by atoms with Crippen molar-refractivity contribution < 1.29 is 4.79 Å². The topological polar surface area (TPSA) is 46.3 Å². The predicted molar refractivity (Wildman–Crippen MR) is 82.4 cm³/mol. The first kappa shape index (κ1) is 15.0. The minimum absolute atomic E-state index is 0.159. The van der Waals surface area contributed by atoms with Crippen LogP contribution < -0.4 is 5.73 Å². The summed E-state index contributed by atoms with van der Waals surface area (Å²) in [7, 11) is 1.92. The Labute approximate surface area is 122 Å². The number of nitrogens with zero attached hydrogens (tertiary/aromatic N) is 1. The molecule has 0 bridgehead atoms. The molecule has 1 amide bonds. The van der Waals surface area contributed by atoms with Crippen molar-refractivity contribution >= 4 is 5.91 Å². The number of hydrogen-bond donors (Lipinski definition) is 1. The number of aryl methyl sites for hydroxylation is 1. The maximum Gasteiger partial charge on any atom is 0.222 e. The molecule has 1 aliphatic carbocycles. The Morgan fingerprint density at radius 2 is 1.95 bits per heavy atom. The Morgan fingerprint density at radius 1 is 1.25 bits per heavy atom. The number of likely N-dealkylation sites (N-methyl/N-ethyl adjacent to an activating group) is 1. The Morgan fingerprint density at radius 3 is 2.65 bits per heavy atom. The van der Waals surface area contributed by atoms with Crippen molar-refractivity contribution in [2.75, 3.05) is 7.05 Å². The van der Waals surface area contributed by atoms with Crippen LogP contribution in [0, 0.1) is 0 Å². The van der Waals surface area contributed by atoms with Crippen LogP contribution in [0.5, 0.6) is 0 Å². The molecule has 2 N–H and O–H groups in total. The van der Waals surface area contributed by atoms with E-state index in [-0.39, 0.29) is 18.0 Å². The smallest absolute Gasteiger partial charge is 0.222 e. The number of rotatable bonds is 5. The summed E-state index contributed by atoms with van der Waals surface area (Å²) >= 11 is 0. The Balaban J connectivity index is 1.76. The van der Waals surface area contributed by atoms with E-state index in [2.05, 4.69) is 12.1 Å². The summed E-state index contributed by atoms with van der Waals surface area (Å²) in [5.41, 5.74) is 7.45. The molecule has 1 aliphatic rings. The van der Waals surface area contributed by atoms with E-state index in [1.165, 1.54) is 18.4 Å². The lowest BCUT2D eigenvalue weighted by atomic mass is 9.90. The molecule has 1 saturated carbocycles. The normalized spacial score (nSPS) is 22.5. The summed E-state index contributed by atoms with van der Waals surface area (Å²) in [6.07, 6.45) is 7.00. The number of amides is 1. The lowest BCUT2D eigenvalue weighted by Crippen LogP contribution is -2.50. The highest BCUT2D eigenvalue weighted by Crippen LogP contribution is 2.21. The highest BCUT2D eigenvalue weighted by Gasteiger charge is 2.27. The van der Waals surface area contributed by atoms with E-state index in [1.54, 1.807) is 0 Å². The molecule has 3 nitrogen and oxygen atoms in total. The fourth-order valence-electron chi connectivity index (χ4n) is 3.07. The quantitative estimate of drug-likeness (QED) is 0.897. The van der Waals surface area contributed by atoms with Gasteiger partial charge >= 0.3 is 0 Å². The zero-order chi connectivity index (χ0) is 14.4. The summed E-state index contributed by atoms with van der Waals surface area (Å²) < 4.78 is 0. The number of carbonyl (C=O) groups excluding carboxylic acids is 1. The van der Waals surface area contributed by atoms with Crippen LogP contribution >= 0.6 is 0 Å². The SMILES string of the molecule is CN(C(=O)CCCc1ccccc1)C1CCCCC1N. The molecule has 2 rings (SSSR count). The average molecular weight is 274 g/mol. The molecule has 2 atom stereocenters. The van der Waals surface area contributed by atoms with Gasteiger partial charge in [0.25, 0.3) is 0 Å². The van der Waals surface area contributed by atoms with Gasteiger partial charge in [-0.25, -0.2) is 0 Å². The molecule has 0 aliphatic heterocycles. The molecule has 1 fully saturated rings. The largest absolute Gasteiger partial charge is 0.341 e. The average Bonchev–Trinajstić information content (AvgIpc) is 2.48. The second kappa shape index (κ2) is 7.44. The van der Waals surface area contributed by atoms with Crippen molar-refractivity contribution in [2.24, 2.45) is 5.73 Å². The van der Waals surface area contributed by atoms with Crippen LogP contribution in [0.2, 0.25) is 0 Å². The van der Waals surface area contributed by atoms with Gasteiger partial charge in [-0.05, 0) is 31.2 Å². The highest BCUT2D eigenvalue weighted by molar-refractivity contribution is 5.76. The summed E-state index contributed by atoms with van der Waals surface area (Å²) in [4.78, 5) is 14.1. The molecular weight excluding hydrogens is 248 g/mol. The van der Waals surface area contributed by atoms with Crippen molar-refractivity contribution in [1.29, 1.82) is 0 Å². The molecule has 2 unspecified atom stereocenters. The van der Waals surface area contributed by atoms with Gasteiger partial charge in [-0.3, -0.25) is 4.79 Å². The summed E-state index contributed by atoms with van der Waals surface area (Å²) in [6.45, 7) is 0. The minimum atomic E-state index is 0.159. The van der Waals surface area contributed by atoms with Gasteiger partial charge in [0.2, 0.25) is 5.91 Å². The van der Waals surface area contributed by atoms with Crippen molar-refractivity contribution in [3.63, 3.8) is 0 Å². The van der Waals surface area contributed by atoms with Gasteiger partial charge in [0.05, 0.1) is 0 Å². The maximum absolute atomic E-state index is 12.2. The molecule has 1 aromatic carbocycles. The summed E-state index contributed by atoms with van der Waals surface area (Å²) in [5, 5.41) is 0. The lowest BCUT2D eigenvalue weighted by Gasteiger charge is -2.36. The first-order chi connectivity index (χ1) is 9.68. The monoisotopic (exact) mass is 274 g/mol. The number of nitrogens with two attached hydrogens (primary N) is 1. The zero-order valence-electron chi connectivity index (χ0n) is 12.4. The molecule has 3 heteroatoms. The third-order valence-electron chi connectivity index (χ3n) is 4.37. The number of carbonyl (C=O) groups is 1. The maximum atomic E-state index is 12.2. The Kier molecular flexibility index (Phi) is 5.60. The first-order valence-electron chi connectivity index (χ1n) is 7.73. The van der Waals surface area contributed by atoms with Gasteiger partial charge < -0.3 is 10.6 Å². The standard InChI is InChI=1S/C17H26N2O/c1-19(16-12-6-5-11-15(16)18)17(20)13-7-10-14-8-3-2-4-9-14/h2-4,8-9,15-16H,5-7,10-13,18H2,1H3. The molecule has 0 radical (unpaired) electrons. The molecular formula is C17H26N2O. The molecule has 1 aromatic rings. The van der Waals surface area contributed by atoms with Gasteiger partial charge in [-0.15, -0.1) is 0 Å². The molecule has 0 saturated heterocycles. The molecule has 0 spiro atoms. The van der Waals surface area contributed by atoms with E-state index in [0.29, 0.717) is 6.42 Å². The van der Waals surface area contributed by atoms with Crippen LogP contribution in [0.15, 0.2) is 30.3 Å². The van der Waals surface area contributed by atoms with E-state index in [4.69, 9.17) is 5.73 Å². The predicted octanol–water partition coefficient (Wildman–Crippen LogP) is 2.74. The van der Waals surface area contributed by atoms with Crippen molar-refractivity contribution in [2.45, 2.75) is 57.0 Å². The fourth-order valence-corrected chi connectivity index (χ4v) is 3.07. The first-order valence-corrected chi connectivity index (χ1v) is 7.73. The third kappa shape index (κ3) is 4.07. The highest BCUT2D eigenvalue weighted by atomic mass is 16.2. The Hall–Kier alpha value is -1.35. The van der Waals surface area contributed by atoms with E-state index >= 15 is 0 Å². The second-order valence-electron chi connectivity index (χ2n) is 5.86. The fraction of sp³-hybridized carbons (Fsp3) is 0.588. The minimum Gasteiger partial charge on any atom is -0.341 e. The van der Waals surface area contributed by atoms with Crippen molar-refractivity contribution in [3.05, 3.63) is 35.9 Å². The van der Waals surface area contributed by atoms with E-state index < -0.39 is 0 Å². The van der Waals surface area contributed by atoms with E-state index in [9.17, 15) is 4.79 Å². The number of benzene rings is 1. The van der Waals surface area contributed by atoms with Crippen LogP contribution in [0.25, 0.3) is 0 Å². The van der Waals surface area contributed by atoms with Crippen LogP contribution in [-0.4, -0.2) is 29.9 Å². The van der Waals surface area contributed by atoms with Gasteiger partial charge in [-0.2, -0.15) is 0 Å². The van der Waals surface area contributed by atoms with Crippen LogP contribution in [0.3, 0.4) is 0 Å². The van der Waals surface area contributed by atoms with Gasteiger partial charge in [0, 0.05) is 25.6 Å². The van der Waals surface area contributed by atoms with Gasteiger partial charge in [-0.1, -0.05) is 43.2 Å². The summed E-state index contributed by atoms with van der Waals surface area (Å²) in [5.74, 6) is 0.239. The number of hydrogen-bond acceptors (Lipinski definition) is 2. The lowest BCUT2D eigenvalue weighted by molar-refractivity contribution is -0.133. The molecule has 0 heterocycles. The second-order valence-corrected chi connectivity index (χ2v) is 5.86. The van der Waals surface area contributed by atoms with Crippen molar-refractivity contribution in [1.82, 2.24) is 4.90 Å². The van der Waals surface area contributed by atoms with Gasteiger partial charge in [0.1, 0.15) is 0 Å². The van der Waals surface area contributed by atoms with E-state index in [1.807, 2.05) is 30.1 Å². The van der Waals surface area contributed by atoms with Crippen LogP contribution in [-0.2, 0) is 11.2 Å². The zero-order valence-corrected chi connectivity index (χ0v) is 12.4. The third-order valence-corrected chi connectivity index (χ3v) is 4.37. The molecule has 20 heavy (non-hydrogen) atoms. The Bertz CT molecular complexity index is 418. The summed E-state index contributed by atoms with van der Waals surface area (Å²) in [6, 6.07) is 10.7. The van der Waals surface area contributed by atoms with Crippen molar-refractivity contribution in [3.8, 4) is 0 Å². The molecule has 110 valence electrons. The van der Waals surface area contributed by atoms with E-state index in [0.717, 1.165) is 25.7 Å².